The second-order valence-electron chi connectivity index (χ2n) is 6.43. The first-order valence-corrected chi connectivity index (χ1v) is 9.63. The lowest BCUT2D eigenvalue weighted by molar-refractivity contribution is -0.127. The van der Waals surface area contributed by atoms with Crippen molar-refractivity contribution >= 4 is 17.5 Å². The van der Waals surface area contributed by atoms with Crippen molar-refractivity contribution in [1.29, 1.82) is 0 Å². The lowest BCUT2D eigenvalue weighted by Crippen LogP contribution is -2.38. The molecule has 3 aromatic rings. The predicted molar refractivity (Wildman–Crippen MR) is 112 cm³/mol. The minimum atomic E-state index is -0.638. The van der Waals surface area contributed by atoms with Crippen LogP contribution < -0.4 is 14.8 Å². The summed E-state index contributed by atoms with van der Waals surface area (Å²) in [7, 11) is 0. The SMILES string of the molecule is Cc1cc(OC(C)C(=O)NCCOc2ccc(-c3ccccc3)nn2)ccc1Cl. The standard InChI is InChI=1S/C22H22ClN3O3/c1-15-14-18(8-9-19(15)23)29-16(2)22(27)24-12-13-28-21-11-10-20(25-26-21)17-6-4-3-5-7-17/h3-11,14,16H,12-13H2,1-2H3,(H,24,27). The number of carbonyl (C=O) groups is 1. The number of carbonyl (C=O) groups excluding carboxylic acids is 1. The van der Waals surface area contributed by atoms with E-state index in [2.05, 4.69) is 15.5 Å². The summed E-state index contributed by atoms with van der Waals surface area (Å²) in [6.07, 6.45) is -0.638. The van der Waals surface area contributed by atoms with Crippen LogP contribution in [0, 0.1) is 6.92 Å². The molecule has 0 aliphatic heterocycles. The molecule has 1 aromatic heterocycles. The first kappa shape index (κ1) is 20.6. The third-order valence-electron chi connectivity index (χ3n) is 4.17. The predicted octanol–water partition coefficient (Wildman–Crippen LogP) is 4.07. The molecule has 0 radical (unpaired) electrons. The highest BCUT2D eigenvalue weighted by Gasteiger charge is 2.14. The highest BCUT2D eigenvalue weighted by Crippen LogP contribution is 2.22. The number of hydrogen-bond donors (Lipinski definition) is 1. The molecule has 0 bridgehead atoms. The van der Waals surface area contributed by atoms with E-state index in [-0.39, 0.29) is 12.5 Å². The van der Waals surface area contributed by atoms with Gasteiger partial charge in [0, 0.05) is 16.7 Å². The fourth-order valence-corrected chi connectivity index (χ4v) is 2.70. The summed E-state index contributed by atoms with van der Waals surface area (Å²) in [5.74, 6) is 0.770. The van der Waals surface area contributed by atoms with Gasteiger partial charge in [-0.3, -0.25) is 4.79 Å². The molecule has 6 nitrogen and oxygen atoms in total. The number of nitrogens with one attached hydrogen (secondary N) is 1. The highest BCUT2D eigenvalue weighted by atomic mass is 35.5. The van der Waals surface area contributed by atoms with Gasteiger partial charge in [0.1, 0.15) is 12.4 Å². The number of halogens is 1. The molecule has 7 heteroatoms. The molecular weight excluding hydrogens is 390 g/mol. The third kappa shape index (κ3) is 5.93. The minimum Gasteiger partial charge on any atom is -0.481 e. The van der Waals surface area contributed by atoms with Crippen molar-refractivity contribution in [3.63, 3.8) is 0 Å². The van der Waals surface area contributed by atoms with Gasteiger partial charge in [-0.25, -0.2) is 0 Å². The van der Waals surface area contributed by atoms with Crippen molar-refractivity contribution in [2.75, 3.05) is 13.2 Å². The first-order valence-electron chi connectivity index (χ1n) is 9.25. The Labute approximate surface area is 174 Å². The quantitative estimate of drug-likeness (QED) is 0.565. The maximum atomic E-state index is 12.2. The van der Waals surface area contributed by atoms with Crippen LogP contribution >= 0.6 is 11.6 Å². The molecule has 2 aromatic carbocycles. The van der Waals surface area contributed by atoms with Crippen LogP contribution in [-0.4, -0.2) is 35.4 Å². The van der Waals surface area contributed by atoms with Crippen molar-refractivity contribution in [2.24, 2.45) is 0 Å². The molecule has 29 heavy (non-hydrogen) atoms. The van der Waals surface area contributed by atoms with E-state index in [1.165, 1.54) is 0 Å². The Balaban J connectivity index is 1.41. The topological polar surface area (TPSA) is 73.3 Å². The highest BCUT2D eigenvalue weighted by molar-refractivity contribution is 6.31. The van der Waals surface area contributed by atoms with Crippen molar-refractivity contribution in [3.8, 4) is 22.9 Å². The van der Waals surface area contributed by atoms with E-state index < -0.39 is 6.10 Å². The third-order valence-corrected chi connectivity index (χ3v) is 4.60. The Morgan fingerprint density at radius 1 is 1.10 bits per heavy atom. The van der Waals surface area contributed by atoms with Gasteiger partial charge in [-0.05, 0) is 43.7 Å². The van der Waals surface area contributed by atoms with Crippen molar-refractivity contribution in [3.05, 3.63) is 71.2 Å². The lowest BCUT2D eigenvalue weighted by atomic mass is 10.1. The number of amides is 1. The largest absolute Gasteiger partial charge is 0.481 e. The molecule has 1 heterocycles. The first-order chi connectivity index (χ1) is 14.0. The molecule has 0 saturated heterocycles. The summed E-state index contributed by atoms with van der Waals surface area (Å²) < 4.78 is 11.2. The van der Waals surface area contributed by atoms with E-state index in [1.807, 2.05) is 43.3 Å². The Morgan fingerprint density at radius 2 is 1.90 bits per heavy atom. The fourth-order valence-electron chi connectivity index (χ4n) is 2.58. The second-order valence-corrected chi connectivity index (χ2v) is 6.84. The van der Waals surface area contributed by atoms with Crippen LogP contribution in [0.5, 0.6) is 11.6 Å². The molecule has 150 valence electrons. The number of benzene rings is 2. The molecular formula is C22H22ClN3O3. The molecule has 0 aliphatic carbocycles. The number of rotatable bonds is 8. The normalized spacial score (nSPS) is 11.6. The van der Waals surface area contributed by atoms with Gasteiger partial charge in [0.25, 0.3) is 5.91 Å². The van der Waals surface area contributed by atoms with Crippen LogP contribution in [0.4, 0.5) is 0 Å². The molecule has 1 N–H and O–H groups in total. The zero-order chi connectivity index (χ0) is 20.6. The van der Waals surface area contributed by atoms with E-state index in [4.69, 9.17) is 21.1 Å². The van der Waals surface area contributed by atoms with Gasteiger partial charge in [0.15, 0.2) is 6.10 Å². The average Bonchev–Trinajstić information content (AvgIpc) is 2.74. The average molecular weight is 412 g/mol. The summed E-state index contributed by atoms with van der Waals surface area (Å²) >= 11 is 6.00. The van der Waals surface area contributed by atoms with E-state index in [0.717, 1.165) is 16.8 Å². The number of aryl methyl sites for hydroxylation is 1. The molecule has 3 rings (SSSR count). The summed E-state index contributed by atoms with van der Waals surface area (Å²) in [6, 6.07) is 18.7. The van der Waals surface area contributed by atoms with E-state index in [0.29, 0.717) is 23.2 Å². The second kappa shape index (κ2) is 9.89. The number of aromatic nitrogens is 2. The van der Waals surface area contributed by atoms with Gasteiger partial charge < -0.3 is 14.8 Å². The van der Waals surface area contributed by atoms with Gasteiger partial charge in [0.2, 0.25) is 5.88 Å². The molecule has 0 spiro atoms. The molecule has 1 amide bonds. The van der Waals surface area contributed by atoms with Crippen molar-refractivity contribution in [2.45, 2.75) is 20.0 Å². The smallest absolute Gasteiger partial charge is 0.260 e. The minimum absolute atomic E-state index is 0.230. The van der Waals surface area contributed by atoms with Crippen LogP contribution in [0.1, 0.15) is 12.5 Å². The van der Waals surface area contributed by atoms with Gasteiger partial charge in [-0.2, -0.15) is 0 Å². The summed E-state index contributed by atoms with van der Waals surface area (Å²) in [5, 5.41) is 11.6. The summed E-state index contributed by atoms with van der Waals surface area (Å²) in [4.78, 5) is 12.2. The summed E-state index contributed by atoms with van der Waals surface area (Å²) in [5.41, 5.74) is 2.66. The molecule has 0 saturated carbocycles. The van der Waals surface area contributed by atoms with Crippen molar-refractivity contribution in [1.82, 2.24) is 15.5 Å². The molecule has 1 unspecified atom stereocenters. The summed E-state index contributed by atoms with van der Waals surface area (Å²) in [6.45, 7) is 4.17. The zero-order valence-electron chi connectivity index (χ0n) is 16.3. The van der Waals surface area contributed by atoms with Crippen LogP contribution in [-0.2, 0) is 4.79 Å². The lowest BCUT2D eigenvalue weighted by Gasteiger charge is -2.15. The van der Waals surface area contributed by atoms with E-state index in [1.54, 1.807) is 31.2 Å². The number of ether oxygens (including phenoxy) is 2. The van der Waals surface area contributed by atoms with E-state index in [9.17, 15) is 4.79 Å². The monoisotopic (exact) mass is 411 g/mol. The van der Waals surface area contributed by atoms with Crippen LogP contribution in [0.25, 0.3) is 11.3 Å². The maximum Gasteiger partial charge on any atom is 0.260 e. The molecule has 0 aliphatic rings. The van der Waals surface area contributed by atoms with Gasteiger partial charge >= 0.3 is 0 Å². The van der Waals surface area contributed by atoms with E-state index >= 15 is 0 Å². The molecule has 0 fully saturated rings. The van der Waals surface area contributed by atoms with Crippen molar-refractivity contribution < 1.29 is 14.3 Å². The Kier molecular flexibility index (Phi) is 7.03. The number of hydrogen-bond acceptors (Lipinski definition) is 5. The fraction of sp³-hybridized carbons (Fsp3) is 0.227. The van der Waals surface area contributed by atoms with Gasteiger partial charge in [0.05, 0.1) is 12.2 Å². The Bertz CT molecular complexity index is 949. The Morgan fingerprint density at radius 3 is 2.59 bits per heavy atom. The zero-order valence-corrected chi connectivity index (χ0v) is 17.0. The van der Waals surface area contributed by atoms with Gasteiger partial charge in [-0.15, -0.1) is 10.2 Å². The van der Waals surface area contributed by atoms with Gasteiger partial charge in [-0.1, -0.05) is 41.9 Å². The molecule has 1 atom stereocenters. The number of nitrogens with zero attached hydrogens (tertiary/aromatic N) is 2. The van der Waals surface area contributed by atoms with Crippen LogP contribution in [0.2, 0.25) is 5.02 Å². The van der Waals surface area contributed by atoms with Crippen LogP contribution in [0.3, 0.4) is 0 Å². The maximum absolute atomic E-state index is 12.2. The van der Waals surface area contributed by atoms with Crippen LogP contribution in [0.15, 0.2) is 60.7 Å². The Hall–Kier alpha value is -3.12.